The molecule has 1 aromatic rings. The molecule has 2 rings (SSSR count). The number of hydrogen-bond acceptors (Lipinski definition) is 2. The van der Waals surface area contributed by atoms with Gasteiger partial charge in [0.2, 0.25) is 5.91 Å². The molecule has 0 saturated carbocycles. The molecule has 4 nitrogen and oxygen atoms in total. The van der Waals surface area contributed by atoms with Crippen LogP contribution < -0.4 is 10.6 Å². The fourth-order valence-corrected chi connectivity index (χ4v) is 2.62. The Morgan fingerprint density at radius 1 is 1.35 bits per heavy atom. The van der Waals surface area contributed by atoms with E-state index in [0.717, 1.165) is 18.4 Å². The van der Waals surface area contributed by atoms with E-state index in [1.807, 2.05) is 24.3 Å². The molecule has 0 bridgehead atoms. The highest BCUT2D eigenvalue weighted by molar-refractivity contribution is 5.99. The number of piperidine rings is 1. The number of hydrogen-bond donors (Lipinski definition) is 2. The molecule has 4 heteroatoms. The Morgan fingerprint density at radius 3 is 2.70 bits per heavy atom. The van der Waals surface area contributed by atoms with E-state index in [0.29, 0.717) is 24.1 Å². The van der Waals surface area contributed by atoms with Crippen molar-refractivity contribution in [2.24, 2.45) is 5.41 Å². The molecule has 23 heavy (non-hydrogen) atoms. The van der Waals surface area contributed by atoms with Crippen molar-refractivity contribution < 1.29 is 9.59 Å². The summed E-state index contributed by atoms with van der Waals surface area (Å²) in [5.74, 6) is -0.357. The first-order chi connectivity index (χ1) is 10.8. The fourth-order valence-electron chi connectivity index (χ4n) is 2.62. The van der Waals surface area contributed by atoms with Gasteiger partial charge in [-0.05, 0) is 42.7 Å². The van der Waals surface area contributed by atoms with Gasteiger partial charge in [0, 0.05) is 11.3 Å². The predicted octanol–water partition coefficient (Wildman–Crippen LogP) is 3.19. The Hall–Kier alpha value is -2.10. The van der Waals surface area contributed by atoms with Gasteiger partial charge in [-0.1, -0.05) is 45.5 Å². The maximum Gasteiger partial charge on any atom is 0.252 e. The second-order valence-electron chi connectivity index (χ2n) is 7.38. The lowest BCUT2D eigenvalue weighted by Gasteiger charge is -2.25. The third kappa shape index (κ3) is 4.95. The molecule has 1 saturated heterocycles. The minimum absolute atomic E-state index is 0.179. The Bertz CT molecular complexity index is 614. The van der Waals surface area contributed by atoms with Gasteiger partial charge in [0.05, 0.1) is 0 Å². The maximum absolute atomic E-state index is 12.6. The summed E-state index contributed by atoms with van der Waals surface area (Å²) in [6.45, 7) is 10.3. The molecule has 1 aromatic carbocycles. The van der Waals surface area contributed by atoms with Crippen LogP contribution in [0.15, 0.2) is 36.5 Å². The van der Waals surface area contributed by atoms with Crippen molar-refractivity contribution in [2.45, 2.75) is 52.5 Å². The second kappa shape index (κ2) is 6.99. The van der Waals surface area contributed by atoms with Crippen LogP contribution in [0.1, 0.15) is 56.0 Å². The van der Waals surface area contributed by atoms with E-state index in [-0.39, 0.29) is 17.2 Å². The Labute approximate surface area is 138 Å². The van der Waals surface area contributed by atoms with Crippen molar-refractivity contribution in [1.29, 1.82) is 0 Å². The highest BCUT2D eigenvalue weighted by Gasteiger charge is 2.26. The van der Waals surface area contributed by atoms with Gasteiger partial charge < -0.3 is 10.6 Å². The third-order valence-electron chi connectivity index (χ3n) is 4.06. The van der Waals surface area contributed by atoms with Crippen LogP contribution in [0.25, 0.3) is 0 Å². The van der Waals surface area contributed by atoms with Gasteiger partial charge in [0.25, 0.3) is 5.91 Å². The number of amides is 2. The van der Waals surface area contributed by atoms with Crippen molar-refractivity contribution in [3.8, 4) is 0 Å². The summed E-state index contributed by atoms with van der Waals surface area (Å²) in [4.78, 5) is 24.5. The molecular formula is C19H26N2O2. The van der Waals surface area contributed by atoms with Gasteiger partial charge in [-0.25, -0.2) is 0 Å². The lowest BCUT2D eigenvalue weighted by Crippen LogP contribution is -2.49. The van der Waals surface area contributed by atoms with Crippen LogP contribution in [0.5, 0.6) is 0 Å². The van der Waals surface area contributed by atoms with Crippen LogP contribution in [0.2, 0.25) is 0 Å². The highest BCUT2D eigenvalue weighted by atomic mass is 16.2. The van der Waals surface area contributed by atoms with Crippen LogP contribution in [0.3, 0.4) is 0 Å². The molecule has 1 atom stereocenters. The fraction of sp³-hybridized carbons (Fsp3) is 0.474. The number of allylic oxidation sites excluding steroid dienone is 1. The summed E-state index contributed by atoms with van der Waals surface area (Å²) in [6.07, 6.45) is 3.14. The van der Waals surface area contributed by atoms with Crippen molar-refractivity contribution in [1.82, 2.24) is 10.6 Å². The number of nitrogens with one attached hydrogen (secondary N) is 2. The summed E-state index contributed by atoms with van der Waals surface area (Å²) >= 11 is 0. The normalized spacial score (nSPS) is 18.5. The Balaban J connectivity index is 2.07. The zero-order chi connectivity index (χ0) is 17.0. The summed E-state index contributed by atoms with van der Waals surface area (Å²) in [5, 5.41) is 5.55. The van der Waals surface area contributed by atoms with Gasteiger partial charge in [-0.3, -0.25) is 9.59 Å². The van der Waals surface area contributed by atoms with Crippen LogP contribution in [0, 0.1) is 5.41 Å². The number of carbonyl (C=O) groups excluding carboxylic acids is 2. The topological polar surface area (TPSA) is 58.2 Å². The van der Waals surface area contributed by atoms with E-state index in [2.05, 4.69) is 38.0 Å². The van der Waals surface area contributed by atoms with E-state index in [1.165, 1.54) is 0 Å². The first kappa shape index (κ1) is 17.3. The summed E-state index contributed by atoms with van der Waals surface area (Å²) < 4.78 is 0. The lowest BCUT2D eigenvalue weighted by atomic mass is 9.87. The molecule has 2 N–H and O–H groups in total. The molecule has 124 valence electrons. The van der Waals surface area contributed by atoms with Crippen LogP contribution in [-0.4, -0.2) is 17.9 Å². The monoisotopic (exact) mass is 314 g/mol. The molecular weight excluding hydrogens is 288 g/mol. The van der Waals surface area contributed by atoms with Crippen LogP contribution in [0.4, 0.5) is 0 Å². The molecule has 0 radical (unpaired) electrons. The molecule has 2 amide bonds. The summed E-state index contributed by atoms with van der Waals surface area (Å²) in [6, 6.07) is 7.14. The standard InChI is InChI=1S/C19H26N2O2/c1-13-9-10-16(18(23)20-13)21-17(22)15-8-6-5-7-14(15)11-12-19(2,3)4/h5-8,16H,1,9-12H2,2-4H3,(H,20,23)(H,21,22). The smallest absolute Gasteiger partial charge is 0.252 e. The van der Waals surface area contributed by atoms with E-state index in [1.54, 1.807) is 0 Å². The van der Waals surface area contributed by atoms with E-state index in [9.17, 15) is 9.59 Å². The number of rotatable bonds is 4. The molecule has 1 unspecified atom stereocenters. The first-order valence-corrected chi connectivity index (χ1v) is 8.14. The van der Waals surface area contributed by atoms with Gasteiger partial charge in [-0.15, -0.1) is 0 Å². The van der Waals surface area contributed by atoms with E-state index in [4.69, 9.17) is 0 Å². The van der Waals surface area contributed by atoms with Crippen molar-refractivity contribution >= 4 is 11.8 Å². The molecule has 1 fully saturated rings. The summed E-state index contributed by atoms with van der Waals surface area (Å²) in [5.41, 5.74) is 2.62. The first-order valence-electron chi connectivity index (χ1n) is 8.14. The largest absolute Gasteiger partial charge is 0.340 e. The number of carbonyl (C=O) groups is 2. The molecule has 1 aliphatic heterocycles. The van der Waals surface area contributed by atoms with Gasteiger partial charge >= 0.3 is 0 Å². The highest BCUT2D eigenvalue weighted by Crippen LogP contribution is 2.23. The van der Waals surface area contributed by atoms with Crippen LogP contribution in [-0.2, 0) is 11.2 Å². The molecule has 0 aromatic heterocycles. The number of aryl methyl sites for hydroxylation is 1. The second-order valence-corrected chi connectivity index (χ2v) is 7.38. The Morgan fingerprint density at radius 2 is 2.04 bits per heavy atom. The minimum atomic E-state index is -0.483. The zero-order valence-corrected chi connectivity index (χ0v) is 14.2. The maximum atomic E-state index is 12.6. The lowest BCUT2D eigenvalue weighted by molar-refractivity contribution is -0.123. The molecule has 1 heterocycles. The summed E-state index contributed by atoms with van der Waals surface area (Å²) in [7, 11) is 0. The average molecular weight is 314 g/mol. The van der Waals surface area contributed by atoms with Crippen molar-refractivity contribution in [3.63, 3.8) is 0 Å². The van der Waals surface area contributed by atoms with Crippen molar-refractivity contribution in [2.75, 3.05) is 0 Å². The minimum Gasteiger partial charge on any atom is -0.340 e. The zero-order valence-electron chi connectivity index (χ0n) is 14.2. The van der Waals surface area contributed by atoms with Gasteiger partial charge in [0.1, 0.15) is 6.04 Å². The SMILES string of the molecule is C=C1CCC(NC(=O)c2ccccc2CCC(C)(C)C)C(=O)N1. The Kier molecular flexibility index (Phi) is 5.24. The van der Waals surface area contributed by atoms with Gasteiger partial charge in [0.15, 0.2) is 0 Å². The van der Waals surface area contributed by atoms with E-state index >= 15 is 0 Å². The van der Waals surface area contributed by atoms with Crippen LogP contribution >= 0.6 is 0 Å². The van der Waals surface area contributed by atoms with Crippen molar-refractivity contribution in [3.05, 3.63) is 47.7 Å². The number of benzene rings is 1. The van der Waals surface area contributed by atoms with E-state index < -0.39 is 6.04 Å². The molecule has 1 aliphatic rings. The predicted molar refractivity (Wildman–Crippen MR) is 92.0 cm³/mol. The van der Waals surface area contributed by atoms with Gasteiger partial charge in [-0.2, -0.15) is 0 Å². The molecule has 0 aliphatic carbocycles. The third-order valence-corrected chi connectivity index (χ3v) is 4.06. The quantitative estimate of drug-likeness (QED) is 0.896. The molecule has 0 spiro atoms. The average Bonchev–Trinajstić information content (AvgIpc) is 2.47.